The minimum atomic E-state index is -2.63. The molecule has 1 aromatic carbocycles. The summed E-state index contributed by atoms with van der Waals surface area (Å²) in [7, 11) is 1.60. The Kier molecular flexibility index (Phi) is 5.40. The predicted molar refractivity (Wildman–Crippen MR) is 104 cm³/mol. The molecule has 0 amide bonds. The molecule has 0 fully saturated rings. The van der Waals surface area contributed by atoms with Crippen LogP contribution in [0.25, 0.3) is 16.4 Å². The number of hydrogen-bond donors (Lipinski definition) is 0. The van der Waals surface area contributed by atoms with Crippen molar-refractivity contribution in [1.29, 1.82) is 0 Å². The van der Waals surface area contributed by atoms with E-state index in [1.807, 2.05) is 46.3 Å². The normalized spacial score (nSPS) is 11.3. The average Bonchev–Trinajstić information content (AvgIpc) is 3.46. The lowest BCUT2D eigenvalue weighted by atomic mass is 10.3. The molecule has 4 rings (SSSR count). The van der Waals surface area contributed by atoms with E-state index in [0.29, 0.717) is 16.7 Å². The first-order chi connectivity index (χ1) is 13.7. The number of rotatable bonds is 7. The molecule has 0 spiro atoms. The maximum absolute atomic E-state index is 13.1. The van der Waals surface area contributed by atoms with Crippen molar-refractivity contribution in [2.45, 2.75) is 17.5 Å². The summed E-state index contributed by atoms with van der Waals surface area (Å²) in [4.78, 5) is 4.97. The molecule has 0 saturated carbocycles. The molecule has 144 valence electrons. The lowest BCUT2D eigenvalue weighted by Gasteiger charge is -2.13. The van der Waals surface area contributed by atoms with Crippen molar-refractivity contribution in [3.05, 3.63) is 60.0 Å². The fourth-order valence-corrected chi connectivity index (χ4v) is 4.32. The van der Waals surface area contributed by atoms with Gasteiger partial charge in [-0.1, -0.05) is 30.0 Å². The van der Waals surface area contributed by atoms with Crippen LogP contribution in [0.3, 0.4) is 0 Å². The zero-order valence-electron chi connectivity index (χ0n) is 14.7. The molecule has 0 saturated heterocycles. The molecule has 0 unspecified atom stereocenters. The maximum Gasteiger partial charge on any atom is 0.319 e. The number of alkyl halides is 2. The fraction of sp³-hybridized carbons (Fsp3) is 0.167. The molecule has 3 heterocycles. The van der Waals surface area contributed by atoms with Crippen molar-refractivity contribution < 1.29 is 13.5 Å². The van der Waals surface area contributed by atoms with E-state index >= 15 is 0 Å². The molecule has 0 aliphatic heterocycles. The van der Waals surface area contributed by atoms with Crippen LogP contribution in [-0.4, -0.2) is 31.4 Å². The van der Waals surface area contributed by atoms with E-state index in [4.69, 9.17) is 4.74 Å². The molecule has 0 N–H and O–H groups in total. The molecule has 0 aliphatic carbocycles. The molecule has 0 bridgehead atoms. The molecule has 10 heteroatoms. The molecule has 4 aromatic rings. The van der Waals surface area contributed by atoms with Gasteiger partial charge in [0.05, 0.1) is 23.4 Å². The van der Waals surface area contributed by atoms with Gasteiger partial charge >= 0.3 is 6.55 Å². The number of hydrogen-bond acceptors (Lipinski definition) is 6. The summed E-state index contributed by atoms with van der Waals surface area (Å²) in [6.07, 6.45) is 2.63. The van der Waals surface area contributed by atoms with E-state index in [0.717, 1.165) is 15.1 Å². The number of imidazole rings is 1. The first kappa shape index (κ1) is 18.6. The third kappa shape index (κ3) is 3.52. The van der Waals surface area contributed by atoms with E-state index in [2.05, 4.69) is 15.2 Å². The summed E-state index contributed by atoms with van der Waals surface area (Å²) in [6, 6.07) is 11.4. The summed E-state index contributed by atoms with van der Waals surface area (Å²) in [5, 5.41) is 11.2. The number of thioether (sulfide) groups is 1. The Bertz CT molecular complexity index is 1060. The van der Waals surface area contributed by atoms with E-state index in [1.165, 1.54) is 24.2 Å². The minimum absolute atomic E-state index is 0.231. The van der Waals surface area contributed by atoms with E-state index in [9.17, 15) is 8.78 Å². The van der Waals surface area contributed by atoms with Gasteiger partial charge in [-0.25, -0.2) is 4.98 Å². The van der Waals surface area contributed by atoms with Crippen molar-refractivity contribution in [2.75, 3.05) is 7.11 Å². The zero-order chi connectivity index (χ0) is 19.5. The summed E-state index contributed by atoms with van der Waals surface area (Å²) in [5.41, 5.74) is 0.776. The lowest BCUT2D eigenvalue weighted by Crippen LogP contribution is -2.04. The Hall–Kier alpha value is -2.72. The number of benzene rings is 1. The number of thiophene rings is 1. The van der Waals surface area contributed by atoms with Crippen LogP contribution in [0.2, 0.25) is 0 Å². The van der Waals surface area contributed by atoms with Crippen LogP contribution in [0.15, 0.2) is 59.3 Å². The van der Waals surface area contributed by atoms with Crippen molar-refractivity contribution >= 4 is 23.1 Å². The van der Waals surface area contributed by atoms with Gasteiger partial charge in [0.2, 0.25) is 0 Å². The monoisotopic (exact) mass is 419 g/mol. The Morgan fingerprint density at radius 2 is 2.04 bits per heavy atom. The van der Waals surface area contributed by atoms with Gasteiger partial charge in [0.1, 0.15) is 11.6 Å². The van der Waals surface area contributed by atoms with Gasteiger partial charge in [-0.05, 0) is 23.6 Å². The molecule has 0 atom stereocenters. The van der Waals surface area contributed by atoms with Crippen LogP contribution < -0.4 is 4.74 Å². The fourth-order valence-electron chi connectivity index (χ4n) is 2.72. The molecular formula is C18H15F2N5OS2. The van der Waals surface area contributed by atoms with Crippen molar-refractivity contribution in [1.82, 2.24) is 24.3 Å². The van der Waals surface area contributed by atoms with Gasteiger partial charge in [-0.3, -0.25) is 9.13 Å². The predicted octanol–water partition coefficient (Wildman–Crippen LogP) is 4.89. The number of methoxy groups -OCH3 is 1. The second-order valence-electron chi connectivity index (χ2n) is 5.61. The summed E-state index contributed by atoms with van der Waals surface area (Å²) < 4.78 is 34.4. The number of para-hydroxylation sites is 2. The number of halogens is 2. The molecule has 0 aliphatic rings. The Labute approximate surface area is 167 Å². The van der Waals surface area contributed by atoms with Gasteiger partial charge in [-0.2, -0.15) is 8.78 Å². The number of aromatic nitrogens is 5. The van der Waals surface area contributed by atoms with Crippen LogP contribution in [0.4, 0.5) is 8.78 Å². The second kappa shape index (κ2) is 8.11. The highest BCUT2D eigenvalue weighted by molar-refractivity contribution is 7.98. The van der Waals surface area contributed by atoms with Gasteiger partial charge in [0.25, 0.3) is 0 Å². The Morgan fingerprint density at radius 3 is 2.79 bits per heavy atom. The molecular weight excluding hydrogens is 404 g/mol. The van der Waals surface area contributed by atoms with Crippen LogP contribution in [0.5, 0.6) is 5.75 Å². The van der Waals surface area contributed by atoms with E-state index in [1.54, 1.807) is 18.4 Å². The molecule has 0 radical (unpaired) electrons. The zero-order valence-corrected chi connectivity index (χ0v) is 16.3. The maximum atomic E-state index is 13.1. The standard InChI is InChI=1S/C18H15F2N5OS2/c1-26-13-6-3-2-5-12(13)25-16(14-7-4-10-27-14)22-23-18(25)28-11-15-21-8-9-24(15)17(19)20/h2-10,17H,11H2,1H3. The van der Waals surface area contributed by atoms with Crippen molar-refractivity contribution in [2.24, 2.45) is 0 Å². The van der Waals surface area contributed by atoms with Gasteiger partial charge in [-0.15, -0.1) is 21.5 Å². The van der Waals surface area contributed by atoms with Crippen molar-refractivity contribution in [3.8, 4) is 22.1 Å². The van der Waals surface area contributed by atoms with Crippen LogP contribution >= 0.6 is 23.1 Å². The summed E-state index contributed by atoms with van der Waals surface area (Å²) in [6.45, 7) is -2.63. The number of nitrogens with zero attached hydrogens (tertiary/aromatic N) is 5. The quantitative estimate of drug-likeness (QED) is 0.399. The van der Waals surface area contributed by atoms with E-state index in [-0.39, 0.29) is 11.6 Å². The SMILES string of the molecule is COc1ccccc1-n1c(SCc2nccn2C(F)F)nnc1-c1cccs1. The number of ether oxygens (including phenoxy) is 1. The van der Waals surface area contributed by atoms with Gasteiger partial charge < -0.3 is 4.74 Å². The first-order valence-corrected chi connectivity index (χ1v) is 10.1. The Morgan fingerprint density at radius 1 is 1.18 bits per heavy atom. The summed E-state index contributed by atoms with van der Waals surface area (Å²) >= 11 is 2.84. The average molecular weight is 419 g/mol. The topological polar surface area (TPSA) is 57.8 Å². The third-order valence-corrected chi connectivity index (χ3v) is 5.78. The Balaban J connectivity index is 1.74. The van der Waals surface area contributed by atoms with Crippen LogP contribution in [0, 0.1) is 0 Å². The van der Waals surface area contributed by atoms with Crippen molar-refractivity contribution in [3.63, 3.8) is 0 Å². The van der Waals surface area contributed by atoms with Gasteiger partial charge in [0.15, 0.2) is 11.0 Å². The smallest absolute Gasteiger partial charge is 0.319 e. The van der Waals surface area contributed by atoms with E-state index < -0.39 is 6.55 Å². The summed E-state index contributed by atoms with van der Waals surface area (Å²) in [5.74, 6) is 1.83. The highest BCUT2D eigenvalue weighted by Gasteiger charge is 2.20. The third-order valence-electron chi connectivity index (χ3n) is 3.99. The van der Waals surface area contributed by atoms with Crippen LogP contribution in [-0.2, 0) is 5.75 Å². The minimum Gasteiger partial charge on any atom is -0.495 e. The second-order valence-corrected chi connectivity index (χ2v) is 7.50. The first-order valence-electron chi connectivity index (χ1n) is 8.24. The highest BCUT2D eigenvalue weighted by Crippen LogP contribution is 2.35. The van der Waals surface area contributed by atoms with Gasteiger partial charge in [0, 0.05) is 12.4 Å². The molecule has 6 nitrogen and oxygen atoms in total. The molecule has 3 aromatic heterocycles. The van der Waals surface area contributed by atoms with Crippen LogP contribution in [0.1, 0.15) is 12.4 Å². The molecule has 28 heavy (non-hydrogen) atoms. The largest absolute Gasteiger partial charge is 0.495 e. The lowest BCUT2D eigenvalue weighted by molar-refractivity contribution is 0.0678. The highest BCUT2D eigenvalue weighted by atomic mass is 32.2.